The highest BCUT2D eigenvalue weighted by Crippen LogP contribution is 2.17. The van der Waals surface area contributed by atoms with Gasteiger partial charge in [-0.3, -0.25) is 4.79 Å². The number of halogens is 1. The maximum atomic E-state index is 11.8. The van der Waals surface area contributed by atoms with Gasteiger partial charge in [0, 0.05) is 16.2 Å². The van der Waals surface area contributed by atoms with Gasteiger partial charge in [-0.2, -0.15) is 0 Å². The van der Waals surface area contributed by atoms with Crippen molar-refractivity contribution < 1.29 is 4.79 Å². The molecule has 0 aliphatic heterocycles. The fourth-order valence-corrected chi connectivity index (χ4v) is 2.28. The van der Waals surface area contributed by atoms with E-state index < -0.39 is 0 Å². The van der Waals surface area contributed by atoms with Gasteiger partial charge in [-0.15, -0.1) is 0 Å². The summed E-state index contributed by atoms with van der Waals surface area (Å²) < 4.78 is 1.04. The Hall–Kier alpha value is -1.65. The van der Waals surface area contributed by atoms with Crippen molar-refractivity contribution in [3.05, 3.63) is 64.6 Å². The highest BCUT2D eigenvalue weighted by molar-refractivity contribution is 9.10. The second kappa shape index (κ2) is 7.22. The number of hydrogen-bond acceptors (Lipinski definition) is 2. The molecule has 1 atom stereocenters. The van der Waals surface area contributed by atoms with Crippen molar-refractivity contribution in [3.63, 3.8) is 0 Å². The predicted molar refractivity (Wildman–Crippen MR) is 85.6 cm³/mol. The van der Waals surface area contributed by atoms with Gasteiger partial charge in [0.15, 0.2) is 0 Å². The highest BCUT2D eigenvalue weighted by atomic mass is 79.9. The largest absolute Gasteiger partial charge is 0.325 e. The van der Waals surface area contributed by atoms with Crippen molar-refractivity contribution in [2.24, 2.45) is 0 Å². The lowest BCUT2D eigenvalue weighted by molar-refractivity contribution is -0.115. The first-order valence-electron chi connectivity index (χ1n) is 6.49. The van der Waals surface area contributed by atoms with E-state index in [4.69, 9.17) is 0 Å². The Labute approximate surface area is 127 Å². The molecule has 3 nitrogen and oxygen atoms in total. The number of benzene rings is 2. The Morgan fingerprint density at radius 1 is 1.15 bits per heavy atom. The van der Waals surface area contributed by atoms with Gasteiger partial charge in [0.25, 0.3) is 0 Å². The van der Waals surface area contributed by atoms with E-state index in [2.05, 4.69) is 26.6 Å². The molecule has 0 bridgehead atoms. The lowest BCUT2D eigenvalue weighted by Gasteiger charge is -2.14. The smallest absolute Gasteiger partial charge is 0.238 e. The van der Waals surface area contributed by atoms with Crippen LogP contribution in [0.25, 0.3) is 0 Å². The fraction of sp³-hybridized carbons (Fsp3) is 0.188. The van der Waals surface area contributed by atoms with Gasteiger partial charge >= 0.3 is 0 Å². The summed E-state index contributed by atoms with van der Waals surface area (Å²) >= 11 is 3.45. The van der Waals surface area contributed by atoms with Gasteiger partial charge in [-0.1, -0.05) is 46.3 Å². The van der Waals surface area contributed by atoms with E-state index in [1.54, 1.807) is 0 Å². The fourth-order valence-electron chi connectivity index (χ4n) is 1.87. The molecule has 0 radical (unpaired) electrons. The first-order chi connectivity index (χ1) is 9.65. The average molecular weight is 333 g/mol. The van der Waals surface area contributed by atoms with Gasteiger partial charge in [0.2, 0.25) is 5.91 Å². The monoisotopic (exact) mass is 332 g/mol. The molecule has 1 unspecified atom stereocenters. The summed E-state index contributed by atoms with van der Waals surface area (Å²) in [5.41, 5.74) is 1.96. The Balaban J connectivity index is 1.84. The zero-order valence-electron chi connectivity index (χ0n) is 11.3. The second-order valence-corrected chi connectivity index (χ2v) is 5.49. The van der Waals surface area contributed by atoms with E-state index in [0.29, 0.717) is 0 Å². The quantitative estimate of drug-likeness (QED) is 0.875. The maximum Gasteiger partial charge on any atom is 0.238 e. The maximum absolute atomic E-state index is 11.8. The van der Waals surface area contributed by atoms with E-state index in [-0.39, 0.29) is 18.5 Å². The molecule has 0 saturated carbocycles. The van der Waals surface area contributed by atoms with Crippen LogP contribution < -0.4 is 10.6 Å². The number of amides is 1. The molecule has 2 rings (SSSR count). The number of carbonyl (C=O) groups is 1. The first-order valence-corrected chi connectivity index (χ1v) is 7.28. The third-order valence-electron chi connectivity index (χ3n) is 2.98. The standard InChI is InChI=1S/C16H17BrN2O/c1-12(13-6-5-7-14(17)10-13)18-11-16(20)19-15-8-3-2-4-9-15/h2-10,12,18H,11H2,1H3,(H,19,20). The molecule has 0 spiro atoms. The van der Waals surface area contributed by atoms with Crippen LogP contribution in [0.4, 0.5) is 5.69 Å². The molecule has 0 aromatic heterocycles. The molecule has 0 saturated heterocycles. The molecule has 1 amide bonds. The van der Waals surface area contributed by atoms with Crippen LogP contribution in [0.3, 0.4) is 0 Å². The number of carbonyl (C=O) groups excluding carboxylic acids is 1. The number of rotatable bonds is 5. The number of anilines is 1. The zero-order valence-corrected chi connectivity index (χ0v) is 12.9. The molecule has 0 fully saturated rings. The minimum Gasteiger partial charge on any atom is -0.325 e. The van der Waals surface area contributed by atoms with E-state index in [1.807, 2.05) is 61.5 Å². The normalized spacial score (nSPS) is 11.9. The van der Waals surface area contributed by atoms with Crippen molar-refractivity contribution >= 4 is 27.5 Å². The van der Waals surface area contributed by atoms with Crippen molar-refractivity contribution in [2.75, 3.05) is 11.9 Å². The molecule has 2 aromatic carbocycles. The van der Waals surface area contributed by atoms with Gasteiger partial charge in [-0.05, 0) is 36.8 Å². The summed E-state index contributed by atoms with van der Waals surface area (Å²) in [7, 11) is 0. The average Bonchev–Trinajstić information content (AvgIpc) is 2.46. The van der Waals surface area contributed by atoms with Gasteiger partial charge in [-0.25, -0.2) is 0 Å². The summed E-state index contributed by atoms with van der Waals surface area (Å²) in [6, 6.07) is 17.6. The Morgan fingerprint density at radius 2 is 1.90 bits per heavy atom. The van der Waals surface area contributed by atoms with Gasteiger partial charge in [0.05, 0.1) is 6.54 Å². The van der Waals surface area contributed by atoms with Crippen molar-refractivity contribution in [3.8, 4) is 0 Å². The van der Waals surface area contributed by atoms with Crippen molar-refractivity contribution in [2.45, 2.75) is 13.0 Å². The number of hydrogen-bond donors (Lipinski definition) is 2. The molecule has 0 aliphatic carbocycles. The summed E-state index contributed by atoms with van der Waals surface area (Å²) in [5, 5.41) is 6.06. The molecular formula is C16H17BrN2O. The lowest BCUT2D eigenvalue weighted by Crippen LogP contribution is -2.30. The predicted octanol–water partition coefficient (Wildman–Crippen LogP) is 3.74. The minimum atomic E-state index is -0.0435. The first kappa shape index (κ1) is 14.8. The Bertz CT molecular complexity index is 572. The number of para-hydroxylation sites is 1. The molecule has 0 heterocycles. The van der Waals surface area contributed by atoms with Gasteiger partial charge in [0.1, 0.15) is 0 Å². The number of nitrogens with one attached hydrogen (secondary N) is 2. The zero-order chi connectivity index (χ0) is 14.4. The van der Waals surface area contributed by atoms with Crippen LogP contribution in [0.1, 0.15) is 18.5 Å². The Morgan fingerprint density at radius 3 is 2.60 bits per heavy atom. The molecule has 2 N–H and O–H groups in total. The van der Waals surface area contributed by atoms with Gasteiger partial charge < -0.3 is 10.6 Å². The summed E-state index contributed by atoms with van der Waals surface area (Å²) in [6.45, 7) is 2.32. The second-order valence-electron chi connectivity index (χ2n) is 4.57. The highest BCUT2D eigenvalue weighted by Gasteiger charge is 2.08. The minimum absolute atomic E-state index is 0.0435. The lowest BCUT2D eigenvalue weighted by atomic mass is 10.1. The van der Waals surface area contributed by atoms with Crippen LogP contribution in [-0.2, 0) is 4.79 Å². The summed E-state index contributed by atoms with van der Waals surface area (Å²) in [6.07, 6.45) is 0. The molecule has 104 valence electrons. The van der Waals surface area contributed by atoms with Crippen LogP contribution in [0.2, 0.25) is 0 Å². The van der Waals surface area contributed by atoms with Crippen LogP contribution in [0.15, 0.2) is 59.1 Å². The van der Waals surface area contributed by atoms with Crippen LogP contribution in [0, 0.1) is 0 Å². The molecule has 2 aromatic rings. The van der Waals surface area contributed by atoms with Crippen molar-refractivity contribution in [1.82, 2.24) is 5.32 Å². The van der Waals surface area contributed by atoms with E-state index in [0.717, 1.165) is 15.7 Å². The van der Waals surface area contributed by atoms with Crippen molar-refractivity contribution in [1.29, 1.82) is 0 Å². The summed E-state index contributed by atoms with van der Waals surface area (Å²) in [4.78, 5) is 11.8. The SMILES string of the molecule is CC(NCC(=O)Nc1ccccc1)c1cccc(Br)c1. The topological polar surface area (TPSA) is 41.1 Å². The van der Waals surface area contributed by atoms with E-state index in [1.165, 1.54) is 0 Å². The molecular weight excluding hydrogens is 316 g/mol. The summed E-state index contributed by atoms with van der Waals surface area (Å²) in [5.74, 6) is -0.0435. The van der Waals surface area contributed by atoms with E-state index in [9.17, 15) is 4.79 Å². The van der Waals surface area contributed by atoms with E-state index >= 15 is 0 Å². The third-order valence-corrected chi connectivity index (χ3v) is 3.47. The third kappa shape index (κ3) is 4.47. The Kier molecular flexibility index (Phi) is 5.32. The van der Waals surface area contributed by atoms with Crippen LogP contribution in [0.5, 0.6) is 0 Å². The molecule has 0 aliphatic rings. The molecule has 4 heteroatoms. The van der Waals surface area contributed by atoms with Crippen LogP contribution in [-0.4, -0.2) is 12.5 Å². The molecule has 20 heavy (non-hydrogen) atoms. The van der Waals surface area contributed by atoms with Crippen LogP contribution >= 0.6 is 15.9 Å².